The molecule has 1 aromatic rings. The maximum absolute atomic E-state index is 12.9. The highest BCUT2D eigenvalue weighted by atomic mass is 35.5. The van der Waals surface area contributed by atoms with Crippen molar-refractivity contribution in [3.05, 3.63) is 34.3 Å². The number of carbonyl (C=O) groups is 1. The molecular formula is C28H48ClNO3Si. The van der Waals surface area contributed by atoms with Gasteiger partial charge in [-0.15, -0.1) is 0 Å². The molecule has 0 amide bonds. The summed E-state index contributed by atoms with van der Waals surface area (Å²) < 4.78 is 11.7. The van der Waals surface area contributed by atoms with Crippen LogP contribution in [-0.2, 0) is 25.9 Å². The van der Waals surface area contributed by atoms with Crippen molar-refractivity contribution in [3.8, 4) is 0 Å². The lowest BCUT2D eigenvalue weighted by Crippen LogP contribution is -2.53. The van der Waals surface area contributed by atoms with E-state index in [0.717, 1.165) is 48.4 Å². The fourth-order valence-electron chi connectivity index (χ4n) is 4.57. The smallest absolute Gasteiger partial charge is 0.311 e. The quantitative estimate of drug-likeness (QED) is 0.279. The van der Waals surface area contributed by atoms with Gasteiger partial charge in [-0.1, -0.05) is 65.3 Å². The highest BCUT2D eigenvalue weighted by Crippen LogP contribution is 2.47. The second kappa shape index (κ2) is 10.6. The van der Waals surface area contributed by atoms with E-state index in [-0.39, 0.29) is 22.3 Å². The topological polar surface area (TPSA) is 61.5 Å². The molecule has 1 aliphatic rings. The Morgan fingerprint density at radius 2 is 1.74 bits per heavy atom. The van der Waals surface area contributed by atoms with Gasteiger partial charge in [0.25, 0.3) is 0 Å². The summed E-state index contributed by atoms with van der Waals surface area (Å²) in [5.74, 6) is -0.0231. The third-order valence-electron chi connectivity index (χ3n) is 8.15. The Morgan fingerprint density at radius 1 is 1.15 bits per heavy atom. The van der Waals surface area contributed by atoms with E-state index in [4.69, 9.17) is 26.5 Å². The molecule has 1 aliphatic carbocycles. The van der Waals surface area contributed by atoms with Gasteiger partial charge in [-0.3, -0.25) is 4.79 Å². The molecule has 4 nitrogen and oxygen atoms in total. The highest BCUT2D eigenvalue weighted by molar-refractivity contribution is 6.74. The minimum Gasteiger partial charge on any atom is -0.469 e. The molecular weight excluding hydrogens is 462 g/mol. The number of ether oxygens (including phenoxy) is 1. The van der Waals surface area contributed by atoms with Gasteiger partial charge in [-0.05, 0) is 85.2 Å². The second-order valence-corrected chi connectivity index (χ2v) is 18.5. The number of hydrogen-bond acceptors (Lipinski definition) is 4. The molecule has 2 atom stereocenters. The minimum absolute atomic E-state index is 0.176. The first-order valence-electron chi connectivity index (χ1n) is 12.7. The number of methoxy groups -OCH3 is 1. The van der Waals surface area contributed by atoms with E-state index in [2.05, 4.69) is 60.7 Å². The Bertz CT molecular complexity index is 848. The van der Waals surface area contributed by atoms with Crippen LogP contribution in [0.25, 0.3) is 0 Å². The normalized spacial score (nSPS) is 22.0. The number of esters is 1. The molecule has 0 aromatic heterocycles. The minimum atomic E-state index is -1.78. The third kappa shape index (κ3) is 7.08. The Hall–Kier alpha value is -0.883. The van der Waals surface area contributed by atoms with Crippen molar-refractivity contribution < 1.29 is 14.0 Å². The average molecular weight is 510 g/mol. The van der Waals surface area contributed by atoms with Crippen molar-refractivity contribution in [1.29, 1.82) is 0 Å². The molecule has 0 heterocycles. The van der Waals surface area contributed by atoms with Crippen LogP contribution in [0.3, 0.4) is 0 Å². The molecule has 0 aliphatic heterocycles. The van der Waals surface area contributed by atoms with E-state index in [1.165, 1.54) is 7.11 Å². The van der Waals surface area contributed by atoms with Crippen molar-refractivity contribution in [2.24, 2.45) is 28.9 Å². The standard InChI is InChI=1S/C28H48ClNO3Si/c1-26(2,3)14-13-20-11-12-22(17-23(20)29)28(7,30)24(25(31)32-8)21-15-19(16-21)18-33-34(9,10)27(4,5)6/h11-12,17,19,21,24H,13-16,18,30H2,1-10H3. The number of benzene rings is 1. The summed E-state index contributed by atoms with van der Waals surface area (Å²) in [5, 5.41) is 0.912. The zero-order valence-corrected chi connectivity index (χ0v) is 24.9. The van der Waals surface area contributed by atoms with Gasteiger partial charge in [0, 0.05) is 11.6 Å². The number of hydrogen-bond donors (Lipinski definition) is 1. The van der Waals surface area contributed by atoms with Crippen LogP contribution < -0.4 is 5.73 Å². The zero-order chi connectivity index (χ0) is 26.1. The van der Waals surface area contributed by atoms with E-state index in [9.17, 15) is 4.79 Å². The van der Waals surface area contributed by atoms with Crippen LogP contribution in [0.2, 0.25) is 23.2 Å². The number of aryl methyl sites for hydroxylation is 1. The number of carbonyl (C=O) groups excluding carboxylic acids is 1. The van der Waals surface area contributed by atoms with Gasteiger partial charge < -0.3 is 14.9 Å². The van der Waals surface area contributed by atoms with Crippen molar-refractivity contribution >= 4 is 25.9 Å². The summed E-state index contributed by atoms with van der Waals surface area (Å²) in [6.07, 6.45) is 3.83. The molecule has 2 N–H and O–H groups in total. The first-order chi connectivity index (χ1) is 15.4. The van der Waals surface area contributed by atoms with E-state index in [1.54, 1.807) is 0 Å². The lowest BCUT2D eigenvalue weighted by molar-refractivity contribution is -0.153. The van der Waals surface area contributed by atoms with Gasteiger partial charge >= 0.3 is 5.97 Å². The van der Waals surface area contributed by atoms with Gasteiger partial charge in [-0.2, -0.15) is 0 Å². The van der Waals surface area contributed by atoms with Gasteiger partial charge in [-0.25, -0.2) is 0 Å². The van der Waals surface area contributed by atoms with Crippen LogP contribution in [0, 0.1) is 23.2 Å². The summed E-state index contributed by atoms with van der Waals surface area (Å²) in [4.78, 5) is 12.9. The number of nitrogens with two attached hydrogens (primary N) is 1. The average Bonchev–Trinajstić information content (AvgIpc) is 2.66. The van der Waals surface area contributed by atoms with Crippen molar-refractivity contribution in [2.75, 3.05) is 13.7 Å². The lowest BCUT2D eigenvalue weighted by Gasteiger charge is -2.46. The van der Waals surface area contributed by atoms with Gasteiger partial charge in [0.05, 0.1) is 18.6 Å². The Kier molecular flexibility index (Phi) is 9.17. The van der Waals surface area contributed by atoms with Crippen LogP contribution in [0.4, 0.5) is 0 Å². The number of rotatable bonds is 9. The molecule has 1 fully saturated rings. The molecule has 1 aromatic carbocycles. The molecule has 0 bridgehead atoms. The van der Waals surface area contributed by atoms with Crippen LogP contribution in [0.15, 0.2) is 18.2 Å². The third-order valence-corrected chi connectivity index (χ3v) is 13.0. The first kappa shape index (κ1) is 29.3. The van der Waals surface area contributed by atoms with E-state index < -0.39 is 19.8 Å². The maximum Gasteiger partial charge on any atom is 0.311 e. The van der Waals surface area contributed by atoms with Crippen molar-refractivity contribution in [2.45, 2.75) is 97.8 Å². The molecule has 194 valence electrons. The fourth-order valence-corrected chi connectivity index (χ4v) is 5.93. The maximum atomic E-state index is 12.9. The van der Waals surface area contributed by atoms with E-state index in [0.29, 0.717) is 5.92 Å². The monoisotopic (exact) mass is 509 g/mol. The Labute approximate surface area is 214 Å². The summed E-state index contributed by atoms with van der Waals surface area (Å²) in [7, 11) is -0.330. The molecule has 0 radical (unpaired) electrons. The molecule has 0 saturated heterocycles. The van der Waals surface area contributed by atoms with Crippen molar-refractivity contribution in [3.63, 3.8) is 0 Å². The van der Waals surface area contributed by atoms with Crippen LogP contribution in [0.5, 0.6) is 0 Å². The number of halogens is 1. The molecule has 1 saturated carbocycles. The van der Waals surface area contributed by atoms with Crippen molar-refractivity contribution in [1.82, 2.24) is 0 Å². The predicted molar refractivity (Wildman–Crippen MR) is 146 cm³/mol. The Morgan fingerprint density at radius 3 is 2.21 bits per heavy atom. The van der Waals surface area contributed by atoms with Gasteiger partial charge in [0.1, 0.15) is 0 Å². The van der Waals surface area contributed by atoms with Crippen LogP contribution >= 0.6 is 11.6 Å². The van der Waals surface area contributed by atoms with E-state index in [1.807, 2.05) is 19.1 Å². The SMILES string of the molecule is COC(=O)C(C1CC(CO[Si](C)(C)C(C)(C)C)C1)C(C)(N)c1ccc(CCC(C)(C)C)c(Cl)c1. The lowest BCUT2D eigenvalue weighted by atomic mass is 9.62. The molecule has 2 unspecified atom stereocenters. The van der Waals surface area contributed by atoms with Gasteiger partial charge in [0.15, 0.2) is 8.32 Å². The second-order valence-electron chi connectivity index (χ2n) is 13.3. The molecule has 34 heavy (non-hydrogen) atoms. The van der Waals surface area contributed by atoms with Crippen LogP contribution in [0.1, 0.15) is 78.9 Å². The zero-order valence-electron chi connectivity index (χ0n) is 23.2. The molecule has 2 rings (SSSR count). The summed E-state index contributed by atoms with van der Waals surface area (Å²) in [6, 6.07) is 6.06. The highest BCUT2D eigenvalue weighted by Gasteiger charge is 2.49. The predicted octanol–water partition coefficient (Wildman–Crippen LogP) is 7.33. The van der Waals surface area contributed by atoms with Gasteiger partial charge in [0.2, 0.25) is 0 Å². The summed E-state index contributed by atoms with van der Waals surface area (Å²) >= 11 is 6.67. The largest absolute Gasteiger partial charge is 0.469 e. The Balaban J connectivity index is 2.13. The fraction of sp³-hybridized carbons (Fsp3) is 0.750. The summed E-state index contributed by atoms with van der Waals surface area (Å²) in [6.45, 7) is 20.7. The molecule has 6 heteroatoms. The van der Waals surface area contributed by atoms with E-state index >= 15 is 0 Å². The molecule has 0 spiro atoms. The first-order valence-corrected chi connectivity index (χ1v) is 16.0. The van der Waals surface area contributed by atoms with Crippen LogP contribution in [-0.4, -0.2) is 28.0 Å². The summed E-state index contributed by atoms with van der Waals surface area (Å²) in [5.41, 5.74) is 8.28.